The molecule has 4 aromatic rings. The molecule has 116 valence electrons. The number of aromatic nitrogens is 1. The van der Waals surface area contributed by atoms with Crippen LogP contribution in [0.3, 0.4) is 0 Å². The van der Waals surface area contributed by atoms with Crippen molar-refractivity contribution in [1.82, 2.24) is 4.98 Å². The van der Waals surface area contributed by atoms with Crippen LogP contribution in [0, 0.1) is 6.92 Å². The Balaban J connectivity index is 1.94. The van der Waals surface area contributed by atoms with Gasteiger partial charge >= 0.3 is 0 Å². The van der Waals surface area contributed by atoms with Gasteiger partial charge in [-0.05, 0) is 47.2 Å². The highest BCUT2D eigenvalue weighted by Crippen LogP contribution is 2.32. The first kappa shape index (κ1) is 14.9. The van der Waals surface area contributed by atoms with Gasteiger partial charge < -0.3 is 0 Å². The molecule has 2 aromatic heterocycles. The number of pyridine rings is 1. The number of hydrogen-bond donors (Lipinski definition) is 0. The lowest BCUT2D eigenvalue weighted by molar-refractivity contribution is 1.31. The van der Waals surface area contributed by atoms with E-state index >= 15 is 0 Å². The van der Waals surface area contributed by atoms with Gasteiger partial charge in [0, 0.05) is 5.56 Å². The van der Waals surface area contributed by atoms with Crippen LogP contribution in [0.5, 0.6) is 0 Å². The lowest BCUT2D eigenvalue weighted by atomic mass is 9.99. The largest absolute Gasteiger partial charge is 0.247 e. The number of aryl methyl sites for hydroxylation is 1. The smallest absolute Gasteiger partial charge is 0.0815 e. The van der Waals surface area contributed by atoms with Crippen molar-refractivity contribution in [2.75, 3.05) is 0 Å². The van der Waals surface area contributed by atoms with Crippen LogP contribution in [-0.2, 0) is 0 Å². The second-order valence-electron chi connectivity index (χ2n) is 5.78. The van der Waals surface area contributed by atoms with Crippen LogP contribution >= 0.6 is 11.3 Å². The average molecular weight is 327 g/mol. The van der Waals surface area contributed by atoms with E-state index in [2.05, 4.69) is 85.1 Å². The predicted octanol–water partition coefficient (Wildman–Crippen LogP) is 6.45. The molecule has 2 aromatic carbocycles. The molecule has 0 unspecified atom stereocenters. The number of benzene rings is 2. The highest BCUT2D eigenvalue weighted by atomic mass is 32.1. The monoisotopic (exact) mass is 327 g/mol. The summed E-state index contributed by atoms with van der Waals surface area (Å²) < 4.78 is 0. The molecule has 24 heavy (non-hydrogen) atoms. The maximum atomic E-state index is 4.94. The van der Waals surface area contributed by atoms with Gasteiger partial charge in [-0.25, -0.2) is 4.98 Å². The fourth-order valence-corrected chi connectivity index (χ4v) is 3.56. The molecule has 0 aliphatic rings. The third kappa shape index (κ3) is 2.89. The predicted molar refractivity (Wildman–Crippen MR) is 103 cm³/mol. The van der Waals surface area contributed by atoms with Crippen LogP contribution in [-0.4, -0.2) is 4.98 Å². The molecule has 0 spiro atoms. The van der Waals surface area contributed by atoms with Gasteiger partial charge in [0.1, 0.15) is 0 Å². The molecule has 0 fully saturated rings. The lowest BCUT2D eigenvalue weighted by Gasteiger charge is -2.11. The number of nitrogens with zero attached hydrogens (tertiary/aromatic N) is 1. The second kappa shape index (κ2) is 6.42. The van der Waals surface area contributed by atoms with Crippen molar-refractivity contribution in [3.8, 4) is 33.0 Å². The van der Waals surface area contributed by atoms with Gasteiger partial charge in [-0.2, -0.15) is 0 Å². The Morgan fingerprint density at radius 2 is 1.46 bits per heavy atom. The SMILES string of the molecule is Cc1ccccc1-c1cc(-c2ccccc2)cc(-c2cccs2)n1. The molecule has 0 saturated carbocycles. The van der Waals surface area contributed by atoms with Gasteiger partial charge in [0.2, 0.25) is 0 Å². The Labute approximate surface area is 146 Å². The van der Waals surface area contributed by atoms with Gasteiger partial charge in [-0.3, -0.25) is 0 Å². The van der Waals surface area contributed by atoms with Gasteiger partial charge in [-0.15, -0.1) is 11.3 Å². The van der Waals surface area contributed by atoms with Crippen LogP contribution in [0.2, 0.25) is 0 Å². The number of rotatable bonds is 3. The summed E-state index contributed by atoms with van der Waals surface area (Å²) >= 11 is 1.73. The lowest BCUT2D eigenvalue weighted by Crippen LogP contribution is -1.91. The van der Waals surface area contributed by atoms with E-state index in [9.17, 15) is 0 Å². The molecule has 0 radical (unpaired) electrons. The minimum absolute atomic E-state index is 1.03. The molecule has 4 rings (SSSR count). The van der Waals surface area contributed by atoms with Gasteiger partial charge in [0.15, 0.2) is 0 Å². The Morgan fingerprint density at radius 1 is 0.708 bits per heavy atom. The standard InChI is InChI=1S/C22H17NS/c1-16-8-5-6-11-19(16)20-14-18(17-9-3-2-4-10-17)15-21(23-20)22-12-7-13-24-22/h2-15H,1H3. The van der Waals surface area contributed by atoms with E-state index in [0.717, 1.165) is 11.4 Å². The summed E-state index contributed by atoms with van der Waals surface area (Å²) in [7, 11) is 0. The maximum absolute atomic E-state index is 4.94. The molecule has 0 N–H and O–H groups in total. The summed E-state index contributed by atoms with van der Waals surface area (Å²) in [6.45, 7) is 2.14. The summed E-state index contributed by atoms with van der Waals surface area (Å²) in [6, 6.07) is 27.5. The number of thiophene rings is 1. The van der Waals surface area contributed by atoms with E-state index < -0.39 is 0 Å². The van der Waals surface area contributed by atoms with Crippen molar-refractivity contribution >= 4 is 11.3 Å². The fourth-order valence-electron chi connectivity index (χ4n) is 2.88. The average Bonchev–Trinajstić information content (AvgIpc) is 3.17. The fraction of sp³-hybridized carbons (Fsp3) is 0.0455. The molecule has 0 aliphatic heterocycles. The molecule has 0 bridgehead atoms. The molecular weight excluding hydrogens is 310 g/mol. The summed E-state index contributed by atoms with van der Waals surface area (Å²) in [5.41, 5.74) is 6.91. The van der Waals surface area contributed by atoms with Crippen molar-refractivity contribution in [3.05, 3.63) is 89.8 Å². The van der Waals surface area contributed by atoms with Crippen molar-refractivity contribution in [3.63, 3.8) is 0 Å². The van der Waals surface area contributed by atoms with E-state index in [1.165, 1.54) is 27.1 Å². The van der Waals surface area contributed by atoms with E-state index in [1.54, 1.807) is 11.3 Å². The van der Waals surface area contributed by atoms with Crippen LogP contribution in [0.15, 0.2) is 84.2 Å². The van der Waals surface area contributed by atoms with E-state index in [0.29, 0.717) is 0 Å². The summed E-state index contributed by atoms with van der Waals surface area (Å²) in [5.74, 6) is 0. The van der Waals surface area contributed by atoms with E-state index in [-0.39, 0.29) is 0 Å². The third-order valence-corrected chi connectivity index (χ3v) is 5.02. The Kier molecular flexibility index (Phi) is 3.97. The van der Waals surface area contributed by atoms with E-state index in [1.807, 2.05) is 6.07 Å². The molecule has 2 heteroatoms. The summed E-state index contributed by atoms with van der Waals surface area (Å²) in [5, 5.41) is 2.10. The molecular formula is C22H17NS. The minimum Gasteiger partial charge on any atom is -0.247 e. The topological polar surface area (TPSA) is 12.9 Å². The molecule has 0 amide bonds. The van der Waals surface area contributed by atoms with Gasteiger partial charge in [-0.1, -0.05) is 60.7 Å². The van der Waals surface area contributed by atoms with Crippen LogP contribution in [0.1, 0.15) is 5.56 Å². The highest BCUT2D eigenvalue weighted by molar-refractivity contribution is 7.13. The first-order valence-corrected chi connectivity index (χ1v) is 8.86. The highest BCUT2D eigenvalue weighted by Gasteiger charge is 2.10. The van der Waals surface area contributed by atoms with Crippen molar-refractivity contribution in [2.45, 2.75) is 6.92 Å². The van der Waals surface area contributed by atoms with Crippen molar-refractivity contribution in [2.24, 2.45) is 0 Å². The van der Waals surface area contributed by atoms with Crippen molar-refractivity contribution in [1.29, 1.82) is 0 Å². The van der Waals surface area contributed by atoms with Crippen LogP contribution < -0.4 is 0 Å². The third-order valence-electron chi connectivity index (χ3n) is 4.13. The Bertz CT molecular complexity index is 956. The molecule has 1 nitrogen and oxygen atoms in total. The Hall–Kier alpha value is -2.71. The number of hydrogen-bond acceptors (Lipinski definition) is 2. The van der Waals surface area contributed by atoms with Crippen molar-refractivity contribution < 1.29 is 0 Å². The summed E-state index contributed by atoms with van der Waals surface area (Å²) in [6.07, 6.45) is 0. The quantitative estimate of drug-likeness (QED) is 0.421. The van der Waals surface area contributed by atoms with Crippen LogP contribution in [0.25, 0.3) is 33.0 Å². The Morgan fingerprint density at radius 3 is 2.21 bits per heavy atom. The zero-order chi connectivity index (χ0) is 16.4. The van der Waals surface area contributed by atoms with E-state index in [4.69, 9.17) is 4.98 Å². The molecule has 2 heterocycles. The van der Waals surface area contributed by atoms with Gasteiger partial charge in [0.05, 0.1) is 16.3 Å². The maximum Gasteiger partial charge on any atom is 0.0815 e. The van der Waals surface area contributed by atoms with Gasteiger partial charge in [0.25, 0.3) is 0 Å². The first-order valence-electron chi connectivity index (χ1n) is 7.99. The summed E-state index contributed by atoms with van der Waals surface area (Å²) in [4.78, 5) is 6.14. The zero-order valence-electron chi connectivity index (χ0n) is 13.4. The molecule has 0 saturated heterocycles. The molecule has 0 aliphatic carbocycles. The zero-order valence-corrected chi connectivity index (χ0v) is 14.3. The first-order chi connectivity index (χ1) is 11.8. The second-order valence-corrected chi connectivity index (χ2v) is 6.73. The minimum atomic E-state index is 1.03. The normalized spacial score (nSPS) is 10.7. The van der Waals surface area contributed by atoms with Crippen LogP contribution in [0.4, 0.5) is 0 Å². The molecule has 0 atom stereocenters.